The van der Waals surface area contributed by atoms with Crippen LogP contribution in [0.25, 0.3) is 0 Å². The van der Waals surface area contributed by atoms with Gasteiger partial charge in [-0.15, -0.1) is 0 Å². The van der Waals surface area contributed by atoms with Crippen molar-refractivity contribution in [3.8, 4) is 0 Å². The molecular formula is C51H92O6. The predicted molar refractivity (Wildman–Crippen MR) is 242 cm³/mol. The monoisotopic (exact) mass is 801 g/mol. The van der Waals surface area contributed by atoms with Gasteiger partial charge in [-0.1, -0.05) is 205 Å². The number of esters is 3. The lowest BCUT2D eigenvalue weighted by atomic mass is 10.0. The summed E-state index contributed by atoms with van der Waals surface area (Å²) in [5.41, 5.74) is 0. The Morgan fingerprint density at radius 1 is 0.351 bits per heavy atom. The molecule has 1 unspecified atom stereocenters. The number of allylic oxidation sites excluding steroid dienone is 6. The van der Waals surface area contributed by atoms with Gasteiger partial charge in [0.1, 0.15) is 13.2 Å². The van der Waals surface area contributed by atoms with Crippen LogP contribution in [0.1, 0.15) is 252 Å². The molecule has 0 aliphatic heterocycles. The maximum Gasteiger partial charge on any atom is 0.306 e. The van der Waals surface area contributed by atoms with Crippen LogP contribution in [-0.2, 0) is 28.6 Å². The van der Waals surface area contributed by atoms with E-state index >= 15 is 0 Å². The molecule has 6 heteroatoms. The first-order valence-corrected chi connectivity index (χ1v) is 24.5. The van der Waals surface area contributed by atoms with E-state index < -0.39 is 6.10 Å². The Morgan fingerprint density at radius 3 is 1.05 bits per heavy atom. The smallest absolute Gasteiger partial charge is 0.306 e. The number of hydrogen-bond donors (Lipinski definition) is 0. The molecule has 332 valence electrons. The van der Waals surface area contributed by atoms with Gasteiger partial charge in [-0.3, -0.25) is 14.4 Å². The summed E-state index contributed by atoms with van der Waals surface area (Å²) in [5.74, 6) is -0.923. The fourth-order valence-electron chi connectivity index (χ4n) is 6.88. The topological polar surface area (TPSA) is 78.9 Å². The molecule has 0 aliphatic carbocycles. The van der Waals surface area contributed by atoms with Crippen molar-refractivity contribution in [2.75, 3.05) is 13.2 Å². The molecule has 57 heavy (non-hydrogen) atoms. The summed E-state index contributed by atoms with van der Waals surface area (Å²) in [4.78, 5) is 37.8. The van der Waals surface area contributed by atoms with E-state index in [1.54, 1.807) is 0 Å². The highest BCUT2D eigenvalue weighted by molar-refractivity contribution is 5.71. The second-order valence-corrected chi connectivity index (χ2v) is 16.4. The summed E-state index contributed by atoms with van der Waals surface area (Å²) < 4.78 is 16.7. The number of ether oxygens (including phenoxy) is 3. The van der Waals surface area contributed by atoms with Gasteiger partial charge in [0.15, 0.2) is 6.10 Å². The minimum absolute atomic E-state index is 0.0841. The minimum atomic E-state index is -0.785. The standard InChI is InChI=1S/C51H92O6/c1-4-7-10-13-16-19-22-24-25-27-29-32-35-38-41-44-50(53)56-47-48(46-55-49(52)43-40-37-34-31-28-21-18-15-12-9-6-3)57-51(54)45-42-39-36-33-30-26-23-20-17-14-11-8-5-2/h15,18,21,26,28,30,48H,4-14,16-17,19-20,22-25,27,29,31-47H2,1-3H3/b18-15-,28-21-,30-26-. The van der Waals surface area contributed by atoms with Gasteiger partial charge >= 0.3 is 17.9 Å². The third kappa shape index (κ3) is 44.6. The van der Waals surface area contributed by atoms with Gasteiger partial charge in [0, 0.05) is 19.3 Å². The van der Waals surface area contributed by atoms with Crippen LogP contribution < -0.4 is 0 Å². The first-order valence-electron chi connectivity index (χ1n) is 24.5. The minimum Gasteiger partial charge on any atom is -0.462 e. The molecule has 0 aromatic heterocycles. The van der Waals surface area contributed by atoms with Crippen LogP contribution in [0, 0.1) is 0 Å². The molecule has 0 saturated carbocycles. The van der Waals surface area contributed by atoms with Crippen LogP contribution in [0.15, 0.2) is 36.5 Å². The fraction of sp³-hybridized carbons (Fsp3) is 0.824. The second-order valence-electron chi connectivity index (χ2n) is 16.4. The molecule has 0 spiro atoms. The van der Waals surface area contributed by atoms with Gasteiger partial charge in [-0.05, 0) is 64.2 Å². The maximum atomic E-state index is 12.7. The van der Waals surface area contributed by atoms with E-state index in [0.717, 1.165) is 83.5 Å². The van der Waals surface area contributed by atoms with E-state index in [9.17, 15) is 14.4 Å². The van der Waals surface area contributed by atoms with E-state index in [1.807, 2.05) is 0 Å². The molecule has 1 atom stereocenters. The van der Waals surface area contributed by atoms with Crippen molar-refractivity contribution >= 4 is 17.9 Å². The van der Waals surface area contributed by atoms with Gasteiger partial charge in [0.2, 0.25) is 0 Å². The molecule has 0 aromatic carbocycles. The van der Waals surface area contributed by atoms with Crippen molar-refractivity contribution in [2.45, 2.75) is 258 Å². The zero-order valence-electron chi connectivity index (χ0n) is 37.9. The normalized spacial score (nSPS) is 12.3. The molecule has 0 aliphatic rings. The first-order chi connectivity index (χ1) is 28.0. The lowest BCUT2D eigenvalue weighted by Crippen LogP contribution is -2.30. The van der Waals surface area contributed by atoms with Crippen LogP contribution in [0.5, 0.6) is 0 Å². The molecular weight excluding hydrogens is 709 g/mol. The van der Waals surface area contributed by atoms with Crippen LogP contribution in [0.3, 0.4) is 0 Å². The highest BCUT2D eigenvalue weighted by Crippen LogP contribution is 2.15. The Bertz CT molecular complexity index is 969. The summed E-state index contributed by atoms with van der Waals surface area (Å²) in [5, 5.41) is 0. The average Bonchev–Trinajstić information content (AvgIpc) is 3.21. The molecule has 0 heterocycles. The zero-order valence-corrected chi connectivity index (χ0v) is 37.9. The fourth-order valence-corrected chi connectivity index (χ4v) is 6.88. The van der Waals surface area contributed by atoms with Crippen molar-refractivity contribution in [1.82, 2.24) is 0 Å². The number of hydrogen-bond acceptors (Lipinski definition) is 6. The molecule has 0 bridgehead atoms. The highest BCUT2D eigenvalue weighted by atomic mass is 16.6. The zero-order chi connectivity index (χ0) is 41.5. The second kappa shape index (κ2) is 46.3. The van der Waals surface area contributed by atoms with Crippen molar-refractivity contribution in [1.29, 1.82) is 0 Å². The molecule has 0 saturated heterocycles. The van der Waals surface area contributed by atoms with Crippen molar-refractivity contribution < 1.29 is 28.6 Å². The number of carbonyl (C=O) groups is 3. The summed E-state index contributed by atoms with van der Waals surface area (Å²) in [7, 11) is 0. The number of rotatable bonds is 44. The van der Waals surface area contributed by atoms with E-state index in [0.29, 0.717) is 19.3 Å². The largest absolute Gasteiger partial charge is 0.462 e. The summed E-state index contributed by atoms with van der Waals surface area (Å²) >= 11 is 0. The van der Waals surface area contributed by atoms with Gasteiger partial charge in [-0.2, -0.15) is 0 Å². The lowest BCUT2D eigenvalue weighted by molar-refractivity contribution is -0.167. The van der Waals surface area contributed by atoms with Gasteiger partial charge in [0.05, 0.1) is 0 Å². The quantitative estimate of drug-likeness (QED) is 0.0201. The van der Waals surface area contributed by atoms with Crippen LogP contribution >= 0.6 is 0 Å². The lowest BCUT2D eigenvalue weighted by Gasteiger charge is -2.18. The molecule has 0 fully saturated rings. The molecule has 0 aromatic rings. The van der Waals surface area contributed by atoms with E-state index in [1.165, 1.54) is 128 Å². The van der Waals surface area contributed by atoms with Crippen molar-refractivity contribution in [3.63, 3.8) is 0 Å². The van der Waals surface area contributed by atoms with Gasteiger partial charge in [0.25, 0.3) is 0 Å². The van der Waals surface area contributed by atoms with E-state index in [-0.39, 0.29) is 31.1 Å². The highest BCUT2D eigenvalue weighted by Gasteiger charge is 2.19. The Balaban J connectivity index is 4.39. The van der Waals surface area contributed by atoms with Crippen LogP contribution in [0.2, 0.25) is 0 Å². The molecule has 0 N–H and O–H groups in total. The molecule has 0 rings (SSSR count). The summed E-state index contributed by atoms with van der Waals surface area (Å²) in [6.45, 7) is 6.55. The van der Waals surface area contributed by atoms with Crippen LogP contribution in [0.4, 0.5) is 0 Å². The third-order valence-corrected chi connectivity index (χ3v) is 10.6. The van der Waals surface area contributed by atoms with E-state index in [2.05, 4.69) is 57.2 Å². The summed E-state index contributed by atoms with van der Waals surface area (Å²) in [6, 6.07) is 0. The Labute approximate surface area is 353 Å². The molecule has 0 radical (unpaired) electrons. The Hall–Kier alpha value is -2.37. The predicted octanol–water partition coefficient (Wildman–Crippen LogP) is 15.8. The molecule has 0 amide bonds. The Morgan fingerprint density at radius 2 is 0.649 bits per heavy atom. The van der Waals surface area contributed by atoms with Gasteiger partial charge in [-0.25, -0.2) is 0 Å². The maximum absolute atomic E-state index is 12.7. The van der Waals surface area contributed by atoms with Crippen molar-refractivity contribution in [2.24, 2.45) is 0 Å². The van der Waals surface area contributed by atoms with Gasteiger partial charge < -0.3 is 14.2 Å². The first kappa shape index (κ1) is 54.6. The third-order valence-electron chi connectivity index (χ3n) is 10.6. The molecule has 6 nitrogen and oxygen atoms in total. The number of carbonyl (C=O) groups excluding carboxylic acids is 3. The SMILES string of the molecule is CCCC/C=C\C=C/CCCCCC(=O)OCC(COC(=O)CCCCCCCCCCCCCCCCC)OC(=O)CCCCC/C=C\CCCCCCCC. The van der Waals surface area contributed by atoms with Crippen molar-refractivity contribution in [3.05, 3.63) is 36.5 Å². The average molecular weight is 801 g/mol. The summed E-state index contributed by atoms with van der Waals surface area (Å²) in [6.07, 6.45) is 52.7. The van der Waals surface area contributed by atoms with Crippen LogP contribution in [-0.4, -0.2) is 37.2 Å². The van der Waals surface area contributed by atoms with E-state index in [4.69, 9.17) is 14.2 Å². The number of unbranched alkanes of at least 4 members (excludes halogenated alkanes) is 28. The Kier molecular flexibility index (Phi) is 44.4.